The maximum absolute atomic E-state index is 8.99. The lowest BCUT2D eigenvalue weighted by Crippen LogP contribution is -2.02. The topological polar surface area (TPSA) is 57.5 Å². The van der Waals surface area contributed by atoms with Gasteiger partial charge in [0, 0.05) is 0 Å². The fourth-order valence-electron chi connectivity index (χ4n) is 0.644. The summed E-state index contributed by atoms with van der Waals surface area (Å²) in [5.41, 5.74) is 0. The van der Waals surface area contributed by atoms with Crippen LogP contribution in [0.5, 0.6) is 0 Å². The Morgan fingerprint density at radius 3 is 2.18 bits per heavy atom. The quantitative estimate of drug-likeness (QED) is 0.618. The summed E-state index contributed by atoms with van der Waals surface area (Å²) < 4.78 is 0. The van der Waals surface area contributed by atoms with Crippen molar-refractivity contribution in [3.05, 3.63) is 0 Å². The number of carboxylic acid groups (broad SMARTS) is 1. The van der Waals surface area contributed by atoms with Crippen LogP contribution in [0.15, 0.2) is 0 Å². The van der Waals surface area contributed by atoms with Crippen molar-refractivity contribution in [1.82, 2.24) is 0 Å². The van der Waals surface area contributed by atoms with E-state index < -0.39 is 0 Å². The lowest BCUT2D eigenvalue weighted by molar-refractivity contribution is -0.122. The molecular formula is C8H18O3. The minimum absolute atomic E-state index is 0.0463. The number of rotatable bonds is 4. The fraction of sp³-hybridized carbons (Fsp3) is 0.875. The Hall–Kier alpha value is -0.570. The van der Waals surface area contributed by atoms with E-state index in [-0.39, 0.29) is 12.6 Å². The van der Waals surface area contributed by atoms with Crippen LogP contribution in [0, 0.1) is 0 Å². The lowest BCUT2D eigenvalue weighted by Gasteiger charge is -2.03. The van der Waals surface area contributed by atoms with Crippen molar-refractivity contribution in [3.63, 3.8) is 0 Å². The molecule has 0 saturated heterocycles. The molecular weight excluding hydrogens is 144 g/mol. The highest BCUT2D eigenvalue weighted by Gasteiger charge is 1.96. The summed E-state index contributed by atoms with van der Waals surface area (Å²) in [7, 11) is 0. The maximum atomic E-state index is 8.99. The van der Waals surface area contributed by atoms with Gasteiger partial charge in [-0.15, -0.1) is 0 Å². The van der Waals surface area contributed by atoms with Gasteiger partial charge in [-0.3, -0.25) is 4.79 Å². The van der Waals surface area contributed by atoms with E-state index in [1.807, 2.05) is 6.92 Å². The molecule has 0 fully saturated rings. The van der Waals surface area contributed by atoms with Gasteiger partial charge in [0.1, 0.15) is 0 Å². The molecule has 0 amide bonds. The van der Waals surface area contributed by atoms with E-state index in [1.165, 1.54) is 6.42 Å². The van der Waals surface area contributed by atoms with E-state index in [2.05, 4.69) is 6.92 Å². The van der Waals surface area contributed by atoms with Gasteiger partial charge in [-0.05, 0) is 12.8 Å². The Morgan fingerprint density at radius 1 is 1.45 bits per heavy atom. The third kappa shape index (κ3) is 17.7. The van der Waals surface area contributed by atoms with Crippen LogP contribution in [0.4, 0.5) is 0 Å². The predicted molar refractivity (Wildman–Crippen MR) is 44.5 cm³/mol. The van der Waals surface area contributed by atoms with Crippen molar-refractivity contribution in [1.29, 1.82) is 0 Å². The summed E-state index contributed by atoms with van der Waals surface area (Å²) in [6.07, 6.45) is 4.19. The molecule has 0 aromatic rings. The van der Waals surface area contributed by atoms with Crippen LogP contribution in [0.1, 0.15) is 39.5 Å². The Bertz CT molecular complexity index is 73.7. The highest BCUT2D eigenvalue weighted by molar-refractivity contribution is 5.32. The SMILES string of the molecule is CCCCC(O)CC.O=CO. The van der Waals surface area contributed by atoms with Crippen LogP contribution >= 0.6 is 0 Å². The molecule has 3 heteroatoms. The summed E-state index contributed by atoms with van der Waals surface area (Å²) in [6.45, 7) is 3.91. The lowest BCUT2D eigenvalue weighted by atomic mass is 10.1. The second kappa shape index (κ2) is 12.1. The molecule has 0 aliphatic carbocycles. The molecule has 2 N–H and O–H groups in total. The standard InChI is InChI=1S/C7H16O.CH2O2/c1-3-5-6-7(8)4-2;2-1-3/h7-8H,3-6H2,1-2H3;1H,(H,2,3). The van der Waals surface area contributed by atoms with Crippen molar-refractivity contribution in [2.75, 3.05) is 0 Å². The highest BCUT2D eigenvalue weighted by Crippen LogP contribution is 2.02. The van der Waals surface area contributed by atoms with Crippen LogP contribution < -0.4 is 0 Å². The van der Waals surface area contributed by atoms with Gasteiger partial charge in [0.15, 0.2) is 0 Å². The Morgan fingerprint density at radius 2 is 1.91 bits per heavy atom. The van der Waals surface area contributed by atoms with Crippen LogP contribution in [-0.4, -0.2) is 22.8 Å². The van der Waals surface area contributed by atoms with E-state index in [4.69, 9.17) is 15.0 Å². The molecule has 0 aromatic carbocycles. The van der Waals surface area contributed by atoms with Crippen LogP contribution in [-0.2, 0) is 4.79 Å². The van der Waals surface area contributed by atoms with Crippen molar-refractivity contribution in [3.8, 4) is 0 Å². The molecule has 0 heterocycles. The Kier molecular flexibility index (Phi) is 14.4. The minimum Gasteiger partial charge on any atom is -0.483 e. The molecule has 0 bridgehead atoms. The van der Waals surface area contributed by atoms with E-state index in [9.17, 15) is 0 Å². The first kappa shape index (κ1) is 13.1. The van der Waals surface area contributed by atoms with E-state index in [0.29, 0.717) is 0 Å². The third-order valence-electron chi connectivity index (χ3n) is 1.36. The summed E-state index contributed by atoms with van der Waals surface area (Å²) in [4.78, 5) is 8.36. The van der Waals surface area contributed by atoms with Gasteiger partial charge in [0.05, 0.1) is 6.10 Å². The van der Waals surface area contributed by atoms with Gasteiger partial charge in [-0.25, -0.2) is 0 Å². The third-order valence-corrected chi connectivity index (χ3v) is 1.36. The monoisotopic (exact) mass is 162 g/mol. The maximum Gasteiger partial charge on any atom is 0.290 e. The van der Waals surface area contributed by atoms with E-state index in [1.54, 1.807) is 0 Å². The van der Waals surface area contributed by atoms with Crippen molar-refractivity contribution in [2.24, 2.45) is 0 Å². The smallest absolute Gasteiger partial charge is 0.290 e. The molecule has 0 saturated carbocycles. The van der Waals surface area contributed by atoms with Crippen LogP contribution in [0.3, 0.4) is 0 Å². The van der Waals surface area contributed by atoms with Crippen molar-refractivity contribution in [2.45, 2.75) is 45.6 Å². The zero-order valence-corrected chi connectivity index (χ0v) is 7.29. The molecule has 0 aliphatic heterocycles. The van der Waals surface area contributed by atoms with Gasteiger partial charge in [-0.1, -0.05) is 26.7 Å². The number of hydrogen-bond donors (Lipinski definition) is 2. The molecule has 68 valence electrons. The van der Waals surface area contributed by atoms with E-state index >= 15 is 0 Å². The molecule has 0 aliphatic rings. The van der Waals surface area contributed by atoms with Gasteiger partial charge in [0.25, 0.3) is 6.47 Å². The molecule has 3 nitrogen and oxygen atoms in total. The Balaban J connectivity index is 0. The molecule has 1 unspecified atom stereocenters. The Labute approximate surface area is 68.0 Å². The van der Waals surface area contributed by atoms with E-state index in [0.717, 1.165) is 19.3 Å². The first-order chi connectivity index (χ1) is 5.22. The van der Waals surface area contributed by atoms with Gasteiger partial charge >= 0.3 is 0 Å². The number of aliphatic hydroxyl groups excluding tert-OH is 1. The van der Waals surface area contributed by atoms with Crippen LogP contribution in [0.2, 0.25) is 0 Å². The first-order valence-electron chi connectivity index (χ1n) is 3.98. The number of unbranched alkanes of at least 4 members (excludes halogenated alkanes) is 1. The predicted octanol–water partition coefficient (Wildman–Crippen LogP) is 1.65. The largest absolute Gasteiger partial charge is 0.483 e. The highest BCUT2D eigenvalue weighted by atomic mass is 16.3. The van der Waals surface area contributed by atoms with Crippen molar-refractivity contribution < 1.29 is 15.0 Å². The zero-order valence-electron chi connectivity index (χ0n) is 7.29. The van der Waals surface area contributed by atoms with Gasteiger partial charge in [0.2, 0.25) is 0 Å². The number of carbonyl (C=O) groups is 1. The number of hydrogen-bond acceptors (Lipinski definition) is 2. The minimum atomic E-state index is -0.250. The van der Waals surface area contributed by atoms with Crippen LogP contribution in [0.25, 0.3) is 0 Å². The van der Waals surface area contributed by atoms with Gasteiger partial charge in [-0.2, -0.15) is 0 Å². The summed E-state index contributed by atoms with van der Waals surface area (Å²) >= 11 is 0. The fourth-order valence-corrected chi connectivity index (χ4v) is 0.644. The summed E-state index contributed by atoms with van der Waals surface area (Å²) in [6, 6.07) is 0. The molecule has 0 aromatic heterocycles. The molecule has 0 radical (unpaired) electrons. The molecule has 0 spiro atoms. The average Bonchev–Trinajstić information content (AvgIpc) is 2.02. The number of aliphatic hydroxyl groups is 1. The second-order valence-electron chi connectivity index (χ2n) is 2.31. The van der Waals surface area contributed by atoms with Crippen molar-refractivity contribution >= 4 is 6.47 Å². The first-order valence-corrected chi connectivity index (χ1v) is 3.98. The average molecular weight is 162 g/mol. The van der Waals surface area contributed by atoms with Gasteiger partial charge < -0.3 is 10.2 Å². The molecule has 11 heavy (non-hydrogen) atoms. The molecule has 1 atom stereocenters. The normalized spacial score (nSPS) is 11.2. The second-order valence-corrected chi connectivity index (χ2v) is 2.31. The summed E-state index contributed by atoms with van der Waals surface area (Å²) in [5, 5.41) is 15.9. The zero-order chi connectivity index (χ0) is 9.11. The summed E-state index contributed by atoms with van der Waals surface area (Å²) in [5.74, 6) is 0. The molecule has 0 rings (SSSR count).